The maximum atomic E-state index is 13.0. The second-order valence-corrected chi connectivity index (χ2v) is 4.63. The predicted molar refractivity (Wildman–Crippen MR) is 69.4 cm³/mol. The van der Waals surface area contributed by atoms with Gasteiger partial charge in [0.2, 0.25) is 0 Å². The summed E-state index contributed by atoms with van der Waals surface area (Å²) in [6.45, 7) is 2.21. The number of halogens is 1. The molecule has 88 valence electrons. The van der Waals surface area contributed by atoms with Crippen LogP contribution in [0.15, 0.2) is 54.6 Å². The smallest absolute Gasteiger partial charge is 0.123 e. The predicted octanol–water partition coefficient (Wildman–Crippen LogP) is 4.25. The van der Waals surface area contributed by atoms with E-state index in [1.54, 1.807) is 12.1 Å². The molecule has 1 unspecified atom stereocenters. The molecule has 0 N–H and O–H groups in total. The molecule has 2 aromatic carbocycles. The standard InChI is InChI=1S/C16H17F/c1-13(10-14-6-3-2-4-7-14)11-15-8-5-9-16(17)12-15/h2-9,12-13H,10-11H2,1H3. The number of benzene rings is 2. The molecular weight excluding hydrogens is 211 g/mol. The second-order valence-electron chi connectivity index (χ2n) is 4.63. The van der Waals surface area contributed by atoms with Crippen LogP contribution in [0.2, 0.25) is 0 Å². The van der Waals surface area contributed by atoms with Crippen LogP contribution in [0.3, 0.4) is 0 Å². The van der Waals surface area contributed by atoms with Crippen LogP contribution in [0.5, 0.6) is 0 Å². The summed E-state index contributed by atoms with van der Waals surface area (Å²) in [5.74, 6) is 0.383. The first-order valence-electron chi connectivity index (χ1n) is 6.02. The van der Waals surface area contributed by atoms with Crippen LogP contribution in [-0.2, 0) is 12.8 Å². The molecule has 0 nitrogen and oxygen atoms in total. The van der Waals surface area contributed by atoms with Crippen LogP contribution < -0.4 is 0 Å². The molecule has 0 aliphatic rings. The van der Waals surface area contributed by atoms with Gasteiger partial charge in [0.05, 0.1) is 0 Å². The van der Waals surface area contributed by atoms with Crippen molar-refractivity contribution in [2.75, 3.05) is 0 Å². The minimum Gasteiger partial charge on any atom is -0.207 e. The molecule has 0 heterocycles. The van der Waals surface area contributed by atoms with Gasteiger partial charge in [-0.1, -0.05) is 49.4 Å². The minimum atomic E-state index is -0.144. The molecule has 0 amide bonds. The Hall–Kier alpha value is -1.63. The molecule has 0 saturated carbocycles. The lowest BCUT2D eigenvalue weighted by Crippen LogP contribution is -2.03. The number of hydrogen-bond donors (Lipinski definition) is 0. The van der Waals surface area contributed by atoms with E-state index in [0.29, 0.717) is 5.92 Å². The Morgan fingerprint density at radius 1 is 0.882 bits per heavy atom. The van der Waals surface area contributed by atoms with Crippen molar-refractivity contribution in [2.24, 2.45) is 5.92 Å². The van der Waals surface area contributed by atoms with Crippen molar-refractivity contribution in [2.45, 2.75) is 19.8 Å². The first kappa shape index (κ1) is 11.8. The van der Waals surface area contributed by atoms with Gasteiger partial charge in [-0.15, -0.1) is 0 Å². The Morgan fingerprint density at radius 2 is 1.53 bits per heavy atom. The highest BCUT2D eigenvalue weighted by atomic mass is 19.1. The third-order valence-electron chi connectivity index (χ3n) is 2.90. The Kier molecular flexibility index (Phi) is 3.92. The van der Waals surface area contributed by atoms with E-state index in [9.17, 15) is 4.39 Å². The largest absolute Gasteiger partial charge is 0.207 e. The summed E-state index contributed by atoms with van der Waals surface area (Å²) in [7, 11) is 0. The summed E-state index contributed by atoms with van der Waals surface area (Å²) >= 11 is 0. The van der Waals surface area contributed by atoms with E-state index < -0.39 is 0 Å². The van der Waals surface area contributed by atoms with Gasteiger partial charge in [0.15, 0.2) is 0 Å². The van der Waals surface area contributed by atoms with E-state index in [1.165, 1.54) is 11.6 Å². The average Bonchev–Trinajstić information content (AvgIpc) is 2.30. The maximum Gasteiger partial charge on any atom is 0.123 e. The topological polar surface area (TPSA) is 0 Å². The summed E-state index contributed by atoms with van der Waals surface area (Å²) in [5, 5.41) is 0. The second kappa shape index (κ2) is 5.62. The molecule has 0 bridgehead atoms. The summed E-state index contributed by atoms with van der Waals surface area (Å²) in [6, 6.07) is 17.3. The van der Waals surface area contributed by atoms with Crippen LogP contribution in [0.25, 0.3) is 0 Å². The van der Waals surface area contributed by atoms with Crippen molar-refractivity contribution in [1.29, 1.82) is 0 Å². The van der Waals surface area contributed by atoms with Crippen LogP contribution in [0, 0.1) is 11.7 Å². The molecule has 0 radical (unpaired) electrons. The van der Waals surface area contributed by atoms with Crippen molar-refractivity contribution in [1.82, 2.24) is 0 Å². The molecule has 2 rings (SSSR count). The van der Waals surface area contributed by atoms with Gasteiger partial charge < -0.3 is 0 Å². The van der Waals surface area contributed by atoms with E-state index in [-0.39, 0.29) is 5.82 Å². The molecule has 0 aromatic heterocycles. The van der Waals surface area contributed by atoms with Crippen molar-refractivity contribution >= 4 is 0 Å². The summed E-state index contributed by atoms with van der Waals surface area (Å²) < 4.78 is 13.0. The monoisotopic (exact) mass is 228 g/mol. The molecule has 0 spiro atoms. The summed E-state index contributed by atoms with van der Waals surface area (Å²) in [5.41, 5.74) is 2.42. The highest BCUT2D eigenvalue weighted by molar-refractivity contribution is 5.19. The fraction of sp³-hybridized carbons (Fsp3) is 0.250. The SMILES string of the molecule is CC(Cc1ccccc1)Cc1cccc(F)c1. The van der Waals surface area contributed by atoms with E-state index in [1.807, 2.05) is 12.1 Å². The molecule has 2 aromatic rings. The lowest BCUT2D eigenvalue weighted by molar-refractivity contribution is 0.571. The van der Waals surface area contributed by atoms with E-state index >= 15 is 0 Å². The van der Waals surface area contributed by atoms with Gasteiger partial charge in [0, 0.05) is 0 Å². The van der Waals surface area contributed by atoms with Gasteiger partial charge in [-0.25, -0.2) is 4.39 Å². The zero-order chi connectivity index (χ0) is 12.1. The van der Waals surface area contributed by atoms with Crippen molar-refractivity contribution < 1.29 is 4.39 Å². The third-order valence-corrected chi connectivity index (χ3v) is 2.90. The molecule has 0 aliphatic carbocycles. The van der Waals surface area contributed by atoms with Crippen LogP contribution in [0.1, 0.15) is 18.1 Å². The Labute approximate surface area is 102 Å². The molecule has 0 saturated heterocycles. The van der Waals surface area contributed by atoms with Crippen molar-refractivity contribution in [3.8, 4) is 0 Å². The number of hydrogen-bond acceptors (Lipinski definition) is 0. The maximum absolute atomic E-state index is 13.0. The zero-order valence-corrected chi connectivity index (χ0v) is 10.1. The first-order chi connectivity index (χ1) is 8.24. The lowest BCUT2D eigenvalue weighted by Gasteiger charge is -2.11. The Balaban J connectivity index is 1.96. The van der Waals surface area contributed by atoms with Crippen molar-refractivity contribution in [3.05, 3.63) is 71.5 Å². The minimum absolute atomic E-state index is 0.144. The molecular formula is C16H17F. The van der Waals surface area contributed by atoms with Crippen LogP contribution in [0.4, 0.5) is 4.39 Å². The van der Waals surface area contributed by atoms with E-state index in [4.69, 9.17) is 0 Å². The van der Waals surface area contributed by atoms with Gasteiger partial charge >= 0.3 is 0 Å². The average molecular weight is 228 g/mol. The Morgan fingerprint density at radius 3 is 2.24 bits per heavy atom. The Bertz CT molecular complexity index is 462. The summed E-state index contributed by atoms with van der Waals surface area (Å²) in [4.78, 5) is 0. The van der Waals surface area contributed by atoms with Gasteiger partial charge in [0.1, 0.15) is 5.82 Å². The summed E-state index contributed by atoms with van der Waals surface area (Å²) in [6.07, 6.45) is 1.96. The molecule has 0 fully saturated rings. The van der Waals surface area contributed by atoms with E-state index in [0.717, 1.165) is 18.4 Å². The van der Waals surface area contributed by atoms with Gasteiger partial charge in [-0.2, -0.15) is 0 Å². The first-order valence-corrected chi connectivity index (χ1v) is 6.02. The zero-order valence-electron chi connectivity index (χ0n) is 10.1. The van der Waals surface area contributed by atoms with Gasteiger partial charge in [-0.3, -0.25) is 0 Å². The molecule has 17 heavy (non-hydrogen) atoms. The molecule has 1 heteroatoms. The van der Waals surface area contributed by atoms with Gasteiger partial charge in [-0.05, 0) is 42.0 Å². The highest BCUT2D eigenvalue weighted by Crippen LogP contribution is 2.14. The van der Waals surface area contributed by atoms with Crippen LogP contribution >= 0.6 is 0 Å². The van der Waals surface area contributed by atoms with Gasteiger partial charge in [0.25, 0.3) is 0 Å². The lowest BCUT2D eigenvalue weighted by atomic mass is 9.94. The molecule has 1 atom stereocenters. The van der Waals surface area contributed by atoms with E-state index in [2.05, 4.69) is 31.2 Å². The molecule has 0 aliphatic heterocycles. The fourth-order valence-corrected chi connectivity index (χ4v) is 2.15. The van der Waals surface area contributed by atoms with Crippen molar-refractivity contribution in [3.63, 3.8) is 0 Å². The quantitative estimate of drug-likeness (QED) is 0.734. The normalized spacial score (nSPS) is 12.4. The van der Waals surface area contributed by atoms with Crippen LogP contribution in [-0.4, -0.2) is 0 Å². The highest BCUT2D eigenvalue weighted by Gasteiger charge is 2.05. The number of rotatable bonds is 4. The fourth-order valence-electron chi connectivity index (χ4n) is 2.15. The third kappa shape index (κ3) is 3.70.